The van der Waals surface area contributed by atoms with Gasteiger partial charge in [-0.05, 0) is 44.4 Å². The van der Waals surface area contributed by atoms with Crippen molar-refractivity contribution in [3.05, 3.63) is 0 Å². The molecule has 1 aliphatic carbocycles. The lowest BCUT2D eigenvalue weighted by Gasteiger charge is -2.36. The predicted molar refractivity (Wildman–Crippen MR) is 80.0 cm³/mol. The molecule has 0 aromatic carbocycles. The van der Waals surface area contributed by atoms with Gasteiger partial charge >= 0.3 is 5.97 Å². The van der Waals surface area contributed by atoms with Crippen molar-refractivity contribution in [2.24, 2.45) is 11.3 Å². The quantitative estimate of drug-likeness (QED) is 0.806. The second kappa shape index (κ2) is 6.62. The van der Waals surface area contributed by atoms with Crippen LogP contribution >= 0.6 is 0 Å². The molecule has 2 N–H and O–H groups in total. The molecule has 0 aromatic heterocycles. The third-order valence-corrected chi connectivity index (χ3v) is 6.49. The minimum Gasteiger partial charge on any atom is -0.481 e. The Bertz CT molecular complexity index is 463. The maximum absolute atomic E-state index is 12.3. The van der Waals surface area contributed by atoms with Crippen LogP contribution in [-0.2, 0) is 15.0 Å². The first-order valence-corrected chi connectivity index (χ1v) is 9.28. The number of hydrogen-bond acceptors (Lipinski definition) is 3. The van der Waals surface area contributed by atoms with Crippen molar-refractivity contribution in [3.63, 3.8) is 0 Å². The van der Waals surface area contributed by atoms with Gasteiger partial charge in [0.2, 0.25) is 0 Å². The number of rotatable bonds is 5. The third kappa shape index (κ3) is 3.96. The van der Waals surface area contributed by atoms with E-state index in [2.05, 4.69) is 11.6 Å². The molecular weight excluding hydrogens is 292 g/mol. The molecule has 2 aliphatic rings. The molecule has 122 valence electrons. The zero-order chi connectivity index (χ0) is 15.5. The summed E-state index contributed by atoms with van der Waals surface area (Å²) in [6, 6.07) is 0. The smallest absolute Gasteiger partial charge is 0.310 e. The lowest BCUT2D eigenvalue weighted by atomic mass is 9.71. The lowest BCUT2D eigenvalue weighted by molar-refractivity contribution is -0.151. The van der Waals surface area contributed by atoms with Crippen molar-refractivity contribution >= 4 is 16.2 Å². The number of piperidine rings is 1. The molecule has 0 unspecified atom stereocenters. The Morgan fingerprint density at radius 2 is 1.81 bits per heavy atom. The molecule has 0 amide bonds. The molecule has 1 saturated carbocycles. The molecule has 0 aromatic rings. The van der Waals surface area contributed by atoms with Crippen LogP contribution in [0.25, 0.3) is 0 Å². The van der Waals surface area contributed by atoms with Gasteiger partial charge in [0.15, 0.2) is 0 Å². The van der Waals surface area contributed by atoms with Crippen molar-refractivity contribution in [1.82, 2.24) is 9.03 Å². The van der Waals surface area contributed by atoms with Gasteiger partial charge in [-0.1, -0.05) is 13.3 Å². The van der Waals surface area contributed by atoms with Gasteiger partial charge in [-0.25, -0.2) is 4.72 Å². The lowest BCUT2D eigenvalue weighted by Crippen LogP contribution is -2.50. The summed E-state index contributed by atoms with van der Waals surface area (Å²) in [5, 5.41) is 9.53. The van der Waals surface area contributed by atoms with Crippen molar-refractivity contribution < 1.29 is 18.3 Å². The van der Waals surface area contributed by atoms with Crippen molar-refractivity contribution in [2.75, 3.05) is 19.6 Å². The number of hydrogen-bond donors (Lipinski definition) is 2. The van der Waals surface area contributed by atoms with Crippen LogP contribution in [0.4, 0.5) is 0 Å². The van der Waals surface area contributed by atoms with E-state index in [1.54, 1.807) is 0 Å². The topological polar surface area (TPSA) is 86.7 Å². The van der Waals surface area contributed by atoms with E-state index in [1.165, 1.54) is 4.31 Å². The minimum absolute atomic E-state index is 0.00782. The Morgan fingerprint density at radius 3 is 2.33 bits per heavy atom. The van der Waals surface area contributed by atoms with E-state index < -0.39 is 21.6 Å². The molecule has 0 radical (unpaired) electrons. The highest BCUT2D eigenvalue weighted by molar-refractivity contribution is 7.87. The summed E-state index contributed by atoms with van der Waals surface area (Å²) >= 11 is 0. The van der Waals surface area contributed by atoms with Crippen molar-refractivity contribution in [2.45, 2.75) is 51.9 Å². The monoisotopic (exact) mass is 318 g/mol. The minimum atomic E-state index is -3.55. The van der Waals surface area contributed by atoms with Gasteiger partial charge in [0, 0.05) is 19.6 Å². The molecule has 2 fully saturated rings. The Hall–Kier alpha value is -0.660. The largest absolute Gasteiger partial charge is 0.481 e. The number of nitrogens with zero attached hydrogens (tertiary/aromatic N) is 1. The van der Waals surface area contributed by atoms with Gasteiger partial charge in [-0.2, -0.15) is 12.7 Å². The fraction of sp³-hybridized carbons (Fsp3) is 0.929. The van der Waals surface area contributed by atoms with Crippen LogP contribution in [0.5, 0.6) is 0 Å². The Kier molecular flexibility index (Phi) is 5.27. The molecule has 0 atom stereocenters. The van der Waals surface area contributed by atoms with Crippen LogP contribution in [0, 0.1) is 11.3 Å². The van der Waals surface area contributed by atoms with Crippen LogP contribution in [0.15, 0.2) is 0 Å². The molecule has 21 heavy (non-hydrogen) atoms. The highest BCUT2D eigenvalue weighted by Crippen LogP contribution is 2.38. The number of nitrogens with one attached hydrogen (secondary N) is 1. The van der Waals surface area contributed by atoms with E-state index >= 15 is 0 Å². The third-order valence-electron chi connectivity index (χ3n) is 4.93. The number of carbonyl (C=O) groups is 1. The Labute approximate surface area is 127 Å². The van der Waals surface area contributed by atoms with Gasteiger partial charge in [0.25, 0.3) is 10.2 Å². The first-order valence-electron chi connectivity index (χ1n) is 7.84. The van der Waals surface area contributed by atoms with E-state index in [-0.39, 0.29) is 6.54 Å². The van der Waals surface area contributed by atoms with E-state index in [0.29, 0.717) is 31.8 Å². The molecule has 0 bridgehead atoms. The Morgan fingerprint density at radius 1 is 1.24 bits per heavy atom. The molecule has 1 saturated heterocycles. The summed E-state index contributed by atoms with van der Waals surface area (Å²) in [5.41, 5.74) is -0.935. The van der Waals surface area contributed by atoms with E-state index in [4.69, 9.17) is 0 Å². The molecular formula is C14H26N2O4S. The van der Waals surface area contributed by atoms with Crippen LogP contribution in [-0.4, -0.2) is 43.4 Å². The van der Waals surface area contributed by atoms with Gasteiger partial charge in [-0.15, -0.1) is 0 Å². The molecule has 1 aliphatic heterocycles. The van der Waals surface area contributed by atoms with E-state index in [9.17, 15) is 18.3 Å². The Balaban J connectivity index is 2.00. The normalized spacial score (nSPS) is 32.0. The van der Waals surface area contributed by atoms with Crippen LogP contribution in [0.2, 0.25) is 0 Å². The molecule has 7 heteroatoms. The average molecular weight is 318 g/mol. The number of aliphatic carboxylic acids is 1. The number of carboxylic acids is 1. The van der Waals surface area contributed by atoms with Crippen molar-refractivity contribution in [3.8, 4) is 0 Å². The summed E-state index contributed by atoms with van der Waals surface area (Å²) in [7, 11) is -3.55. The van der Waals surface area contributed by atoms with Crippen LogP contribution in [0.1, 0.15) is 51.9 Å². The summed E-state index contributed by atoms with van der Waals surface area (Å²) in [5.74, 6) is -0.355. The SMILES string of the molecule is CC1CCC(CNS(=O)(=O)N2CCCCC2)(C(=O)O)CC1. The summed E-state index contributed by atoms with van der Waals surface area (Å²) in [4.78, 5) is 11.6. The fourth-order valence-corrected chi connectivity index (χ4v) is 4.59. The summed E-state index contributed by atoms with van der Waals surface area (Å²) < 4.78 is 28.6. The molecule has 1 heterocycles. The summed E-state index contributed by atoms with van der Waals surface area (Å²) in [6.07, 6.45) is 5.60. The first kappa shape index (κ1) is 16.7. The van der Waals surface area contributed by atoms with Gasteiger partial charge < -0.3 is 5.11 Å². The predicted octanol–water partition coefficient (Wildman–Crippen LogP) is 1.59. The molecule has 6 nitrogen and oxygen atoms in total. The maximum Gasteiger partial charge on any atom is 0.310 e. The van der Waals surface area contributed by atoms with Crippen molar-refractivity contribution in [1.29, 1.82) is 0 Å². The highest BCUT2D eigenvalue weighted by atomic mass is 32.2. The second-order valence-corrected chi connectivity index (χ2v) is 8.31. The molecule has 0 spiro atoms. The van der Waals surface area contributed by atoms with Crippen LogP contribution < -0.4 is 4.72 Å². The molecule has 2 rings (SSSR count). The zero-order valence-corrected chi connectivity index (χ0v) is 13.5. The van der Waals surface area contributed by atoms with Gasteiger partial charge in [0.05, 0.1) is 5.41 Å². The first-order chi connectivity index (χ1) is 9.86. The highest BCUT2D eigenvalue weighted by Gasteiger charge is 2.42. The zero-order valence-electron chi connectivity index (χ0n) is 12.7. The van der Waals surface area contributed by atoms with Gasteiger partial charge in [0.1, 0.15) is 0 Å². The van der Waals surface area contributed by atoms with E-state index in [1.807, 2.05) is 0 Å². The van der Waals surface area contributed by atoms with E-state index in [0.717, 1.165) is 32.1 Å². The van der Waals surface area contributed by atoms with Gasteiger partial charge in [-0.3, -0.25) is 4.79 Å². The van der Waals surface area contributed by atoms with Crippen LogP contribution in [0.3, 0.4) is 0 Å². The maximum atomic E-state index is 12.3. The second-order valence-electron chi connectivity index (χ2n) is 6.55. The average Bonchev–Trinajstić information content (AvgIpc) is 2.48. The number of carboxylic acid groups (broad SMARTS) is 1. The fourth-order valence-electron chi connectivity index (χ4n) is 3.21. The standard InChI is InChI=1S/C14H26N2O4S/c1-12-5-7-14(8-6-12,13(17)18)11-15-21(19,20)16-9-3-2-4-10-16/h12,15H,2-11H2,1H3,(H,17,18). The summed E-state index contributed by atoms with van der Waals surface area (Å²) in [6.45, 7) is 3.19.